The molecule has 19 heavy (non-hydrogen) atoms. The van der Waals surface area contributed by atoms with Crippen molar-refractivity contribution in [2.75, 3.05) is 46.8 Å². The molecule has 1 N–H and O–H groups in total. The molecule has 0 amide bonds. The standard InChI is InChI=1S/C15H26N4/c1-18(2)15(14-5-7-16-8-6-14)4-3-11-19-12-9-17-10-13-19/h5-8,15,17H,3-4,9-13H2,1-2H3. The number of piperazine rings is 1. The van der Waals surface area contributed by atoms with Gasteiger partial charge in [0.25, 0.3) is 0 Å². The Morgan fingerprint density at radius 2 is 1.95 bits per heavy atom. The van der Waals surface area contributed by atoms with E-state index >= 15 is 0 Å². The van der Waals surface area contributed by atoms with Crippen LogP contribution in [0.3, 0.4) is 0 Å². The zero-order valence-corrected chi connectivity index (χ0v) is 12.2. The third-order valence-electron chi connectivity index (χ3n) is 3.88. The van der Waals surface area contributed by atoms with E-state index < -0.39 is 0 Å². The lowest BCUT2D eigenvalue weighted by Crippen LogP contribution is -2.43. The maximum atomic E-state index is 4.11. The van der Waals surface area contributed by atoms with Crippen LogP contribution in [-0.2, 0) is 0 Å². The third kappa shape index (κ3) is 4.56. The lowest BCUT2D eigenvalue weighted by molar-refractivity contribution is 0.217. The van der Waals surface area contributed by atoms with Gasteiger partial charge in [-0.25, -0.2) is 0 Å². The molecular formula is C15H26N4. The van der Waals surface area contributed by atoms with Gasteiger partial charge in [0.15, 0.2) is 0 Å². The molecule has 1 aliphatic heterocycles. The first-order valence-electron chi connectivity index (χ1n) is 7.27. The number of aromatic nitrogens is 1. The van der Waals surface area contributed by atoms with Crippen LogP contribution in [0.15, 0.2) is 24.5 Å². The summed E-state index contributed by atoms with van der Waals surface area (Å²) in [6.07, 6.45) is 6.25. The lowest BCUT2D eigenvalue weighted by Gasteiger charge is -2.29. The predicted molar refractivity (Wildman–Crippen MR) is 79.2 cm³/mol. The van der Waals surface area contributed by atoms with E-state index in [4.69, 9.17) is 0 Å². The Labute approximate surface area is 116 Å². The molecule has 106 valence electrons. The lowest BCUT2D eigenvalue weighted by atomic mass is 10.0. The molecule has 1 aliphatic rings. The van der Waals surface area contributed by atoms with Gasteiger partial charge in [0.05, 0.1) is 0 Å². The zero-order chi connectivity index (χ0) is 13.5. The van der Waals surface area contributed by atoms with Crippen molar-refractivity contribution in [1.82, 2.24) is 20.1 Å². The zero-order valence-electron chi connectivity index (χ0n) is 12.2. The average molecular weight is 262 g/mol. The smallest absolute Gasteiger partial charge is 0.0343 e. The van der Waals surface area contributed by atoms with E-state index in [0.717, 1.165) is 13.1 Å². The molecule has 0 saturated carbocycles. The summed E-state index contributed by atoms with van der Waals surface area (Å²) in [7, 11) is 4.33. The highest BCUT2D eigenvalue weighted by molar-refractivity contribution is 5.14. The summed E-state index contributed by atoms with van der Waals surface area (Å²) < 4.78 is 0. The first-order chi connectivity index (χ1) is 9.27. The molecule has 2 heterocycles. The quantitative estimate of drug-likeness (QED) is 0.839. The predicted octanol–water partition coefficient (Wildman–Crippen LogP) is 1.37. The second-order valence-electron chi connectivity index (χ2n) is 5.49. The van der Waals surface area contributed by atoms with Crippen LogP contribution in [0.5, 0.6) is 0 Å². The molecular weight excluding hydrogens is 236 g/mol. The summed E-state index contributed by atoms with van der Waals surface area (Å²) >= 11 is 0. The molecule has 0 aliphatic carbocycles. The van der Waals surface area contributed by atoms with Crippen LogP contribution >= 0.6 is 0 Å². The Morgan fingerprint density at radius 3 is 2.58 bits per heavy atom. The van der Waals surface area contributed by atoms with E-state index in [1.165, 1.54) is 38.0 Å². The Hall–Kier alpha value is -0.970. The van der Waals surface area contributed by atoms with Crippen molar-refractivity contribution in [1.29, 1.82) is 0 Å². The number of nitrogens with zero attached hydrogens (tertiary/aromatic N) is 3. The minimum Gasteiger partial charge on any atom is -0.314 e. The summed E-state index contributed by atoms with van der Waals surface area (Å²) in [5.41, 5.74) is 1.38. The number of hydrogen-bond donors (Lipinski definition) is 1. The number of hydrogen-bond acceptors (Lipinski definition) is 4. The SMILES string of the molecule is CN(C)C(CCCN1CCNCC1)c1ccncc1. The van der Waals surface area contributed by atoms with Crippen LogP contribution in [0.2, 0.25) is 0 Å². The summed E-state index contributed by atoms with van der Waals surface area (Å²) in [6, 6.07) is 4.77. The molecule has 1 aromatic heterocycles. The fourth-order valence-corrected chi connectivity index (χ4v) is 2.75. The molecule has 2 rings (SSSR count). The van der Waals surface area contributed by atoms with Gasteiger partial charge in [-0.3, -0.25) is 4.98 Å². The van der Waals surface area contributed by atoms with Crippen LogP contribution in [0.25, 0.3) is 0 Å². The van der Waals surface area contributed by atoms with Gasteiger partial charge < -0.3 is 15.1 Å². The van der Waals surface area contributed by atoms with Crippen LogP contribution < -0.4 is 5.32 Å². The Kier molecular flexibility index (Phi) is 5.76. The maximum absolute atomic E-state index is 4.11. The van der Waals surface area contributed by atoms with E-state index in [1.807, 2.05) is 12.4 Å². The van der Waals surface area contributed by atoms with E-state index in [1.54, 1.807) is 0 Å². The van der Waals surface area contributed by atoms with Crippen molar-refractivity contribution < 1.29 is 0 Å². The molecule has 4 heteroatoms. The third-order valence-corrected chi connectivity index (χ3v) is 3.88. The van der Waals surface area contributed by atoms with Crippen LogP contribution in [0.4, 0.5) is 0 Å². The van der Waals surface area contributed by atoms with Crippen molar-refractivity contribution in [3.8, 4) is 0 Å². The van der Waals surface area contributed by atoms with Gasteiger partial charge in [-0.15, -0.1) is 0 Å². The minimum atomic E-state index is 0.505. The molecule has 0 aromatic carbocycles. The Bertz CT molecular complexity index is 346. The Morgan fingerprint density at radius 1 is 1.26 bits per heavy atom. The normalized spacial score (nSPS) is 18.7. The molecule has 4 nitrogen and oxygen atoms in total. The number of pyridine rings is 1. The first kappa shape index (κ1) is 14.4. The van der Waals surface area contributed by atoms with Crippen LogP contribution in [-0.4, -0.2) is 61.6 Å². The molecule has 0 radical (unpaired) electrons. The van der Waals surface area contributed by atoms with Gasteiger partial charge in [0, 0.05) is 44.6 Å². The first-order valence-corrected chi connectivity index (χ1v) is 7.27. The highest BCUT2D eigenvalue weighted by Crippen LogP contribution is 2.22. The number of nitrogens with one attached hydrogen (secondary N) is 1. The van der Waals surface area contributed by atoms with Crippen molar-refractivity contribution in [3.63, 3.8) is 0 Å². The highest BCUT2D eigenvalue weighted by Gasteiger charge is 2.15. The van der Waals surface area contributed by atoms with Gasteiger partial charge in [0.1, 0.15) is 0 Å². The summed E-state index contributed by atoms with van der Waals surface area (Å²) in [5.74, 6) is 0. The van der Waals surface area contributed by atoms with E-state index in [2.05, 4.69) is 46.3 Å². The number of rotatable bonds is 6. The average Bonchev–Trinajstić information content (AvgIpc) is 2.45. The van der Waals surface area contributed by atoms with Crippen molar-refractivity contribution in [2.24, 2.45) is 0 Å². The second-order valence-corrected chi connectivity index (χ2v) is 5.49. The fraction of sp³-hybridized carbons (Fsp3) is 0.667. The van der Waals surface area contributed by atoms with Gasteiger partial charge in [-0.1, -0.05) is 0 Å². The summed E-state index contributed by atoms with van der Waals surface area (Å²) in [6.45, 7) is 5.89. The topological polar surface area (TPSA) is 31.4 Å². The Balaban J connectivity index is 1.80. The van der Waals surface area contributed by atoms with E-state index in [9.17, 15) is 0 Å². The minimum absolute atomic E-state index is 0.505. The van der Waals surface area contributed by atoms with Crippen molar-refractivity contribution in [2.45, 2.75) is 18.9 Å². The summed E-state index contributed by atoms with van der Waals surface area (Å²) in [5, 5.41) is 3.40. The largest absolute Gasteiger partial charge is 0.314 e. The highest BCUT2D eigenvalue weighted by atomic mass is 15.2. The second kappa shape index (κ2) is 7.58. The summed E-state index contributed by atoms with van der Waals surface area (Å²) in [4.78, 5) is 8.98. The molecule has 1 atom stereocenters. The molecule has 1 saturated heterocycles. The van der Waals surface area contributed by atoms with Crippen LogP contribution in [0.1, 0.15) is 24.4 Å². The monoisotopic (exact) mass is 262 g/mol. The van der Waals surface area contributed by atoms with Gasteiger partial charge >= 0.3 is 0 Å². The van der Waals surface area contributed by atoms with E-state index in [-0.39, 0.29) is 0 Å². The van der Waals surface area contributed by atoms with Crippen LogP contribution in [0, 0.1) is 0 Å². The van der Waals surface area contributed by atoms with Gasteiger partial charge in [-0.2, -0.15) is 0 Å². The maximum Gasteiger partial charge on any atom is 0.0343 e. The van der Waals surface area contributed by atoms with Crippen molar-refractivity contribution >= 4 is 0 Å². The van der Waals surface area contributed by atoms with Gasteiger partial charge in [0.2, 0.25) is 0 Å². The molecule has 0 spiro atoms. The molecule has 1 fully saturated rings. The van der Waals surface area contributed by atoms with Crippen molar-refractivity contribution in [3.05, 3.63) is 30.1 Å². The molecule has 0 bridgehead atoms. The molecule has 1 unspecified atom stereocenters. The van der Waals surface area contributed by atoms with E-state index in [0.29, 0.717) is 6.04 Å². The van der Waals surface area contributed by atoms with Gasteiger partial charge in [-0.05, 0) is 51.2 Å². The fourth-order valence-electron chi connectivity index (χ4n) is 2.75. The molecule has 1 aromatic rings.